The number of fused-ring (bicyclic) bond motifs is 1. The maximum Gasteiger partial charge on any atom is 0.227 e. The SMILES string of the molecule is O=C(Cc1ccc2c(c1)CCC2)N(Cc1ccccn1)C1CCCNCC1. The Hall–Kier alpha value is -2.20. The molecule has 4 nitrogen and oxygen atoms in total. The minimum atomic E-state index is 0.227. The van der Waals surface area contributed by atoms with Gasteiger partial charge in [0.05, 0.1) is 18.7 Å². The van der Waals surface area contributed by atoms with Crippen molar-refractivity contribution in [3.63, 3.8) is 0 Å². The fourth-order valence-corrected chi connectivity index (χ4v) is 4.41. The first-order valence-electron chi connectivity index (χ1n) is 10.3. The Morgan fingerprint density at radius 1 is 1.07 bits per heavy atom. The van der Waals surface area contributed by atoms with Crippen molar-refractivity contribution < 1.29 is 4.79 Å². The predicted octanol–water partition coefficient (Wildman–Crippen LogP) is 3.28. The number of nitrogens with one attached hydrogen (secondary N) is 1. The predicted molar refractivity (Wildman–Crippen MR) is 107 cm³/mol. The molecule has 27 heavy (non-hydrogen) atoms. The van der Waals surface area contributed by atoms with Crippen molar-refractivity contribution in [2.45, 2.75) is 57.5 Å². The molecule has 1 unspecified atom stereocenters. The standard InChI is InChI=1S/C23H29N3O/c27-23(16-18-9-10-19-5-3-6-20(19)15-18)26(17-21-7-1-2-13-25-21)22-8-4-12-24-14-11-22/h1-2,7,9-10,13,15,22,24H,3-6,8,11-12,14,16-17H2. The van der Waals surface area contributed by atoms with Crippen molar-refractivity contribution in [3.05, 3.63) is 65.0 Å². The number of benzene rings is 1. The molecule has 4 rings (SSSR count). The van der Waals surface area contributed by atoms with Crippen LogP contribution in [0.15, 0.2) is 42.6 Å². The van der Waals surface area contributed by atoms with E-state index in [0.29, 0.717) is 19.0 Å². The molecule has 2 heterocycles. The largest absolute Gasteiger partial charge is 0.333 e. The number of pyridine rings is 1. The lowest BCUT2D eigenvalue weighted by molar-refractivity contribution is -0.133. The molecule has 1 aromatic carbocycles. The van der Waals surface area contributed by atoms with E-state index in [9.17, 15) is 4.79 Å². The lowest BCUT2D eigenvalue weighted by Gasteiger charge is -2.31. The van der Waals surface area contributed by atoms with Gasteiger partial charge in [0, 0.05) is 12.2 Å². The van der Waals surface area contributed by atoms with Crippen molar-refractivity contribution >= 4 is 5.91 Å². The van der Waals surface area contributed by atoms with Gasteiger partial charge in [-0.1, -0.05) is 24.3 Å². The second kappa shape index (κ2) is 8.66. The van der Waals surface area contributed by atoms with Crippen molar-refractivity contribution in [2.24, 2.45) is 0 Å². The molecule has 1 amide bonds. The molecule has 4 heteroatoms. The molecule has 0 saturated carbocycles. The molecule has 1 aromatic heterocycles. The number of carbonyl (C=O) groups is 1. The number of hydrogen-bond donors (Lipinski definition) is 1. The summed E-state index contributed by atoms with van der Waals surface area (Å²) in [7, 11) is 0. The molecular formula is C23H29N3O. The van der Waals surface area contributed by atoms with Gasteiger partial charge < -0.3 is 10.2 Å². The van der Waals surface area contributed by atoms with E-state index < -0.39 is 0 Å². The molecule has 0 radical (unpaired) electrons. The van der Waals surface area contributed by atoms with Crippen LogP contribution in [0.25, 0.3) is 0 Å². The normalized spacial score (nSPS) is 19.3. The Morgan fingerprint density at radius 3 is 2.89 bits per heavy atom. The van der Waals surface area contributed by atoms with E-state index in [1.165, 1.54) is 24.0 Å². The van der Waals surface area contributed by atoms with Crippen LogP contribution in [0, 0.1) is 0 Å². The van der Waals surface area contributed by atoms with Gasteiger partial charge in [-0.3, -0.25) is 9.78 Å². The monoisotopic (exact) mass is 363 g/mol. The summed E-state index contributed by atoms with van der Waals surface area (Å²) < 4.78 is 0. The molecule has 1 atom stereocenters. The second-order valence-electron chi connectivity index (χ2n) is 7.81. The Balaban J connectivity index is 1.52. The molecule has 1 aliphatic heterocycles. The minimum Gasteiger partial charge on any atom is -0.333 e. The highest BCUT2D eigenvalue weighted by atomic mass is 16.2. The highest BCUT2D eigenvalue weighted by molar-refractivity contribution is 5.79. The quantitative estimate of drug-likeness (QED) is 0.887. The lowest BCUT2D eigenvalue weighted by atomic mass is 10.0. The highest BCUT2D eigenvalue weighted by Crippen LogP contribution is 2.24. The summed E-state index contributed by atoms with van der Waals surface area (Å²) in [4.78, 5) is 19.9. The molecule has 2 aromatic rings. The van der Waals surface area contributed by atoms with Gasteiger partial charge in [-0.25, -0.2) is 0 Å². The molecule has 142 valence electrons. The maximum atomic E-state index is 13.3. The fourth-order valence-electron chi connectivity index (χ4n) is 4.41. The number of amides is 1. The van der Waals surface area contributed by atoms with Gasteiger partial charge in [-0.2, -0.15) is 0 Å². The van der Waals surface area contributed by atoms with E-state index in [4.69, 9.17) is 0 Å². The van der Waals surface area contributed by atoms with Crippen molar-refractivity contribution in [1.82, 2.24) is 15.2 Å². The van der Waals surface area contributed by atoms with Crippen LogP contribution in [0.1, 0.15) is 48.1 Å². The van der Waals surface area contributed by atoms with Gasteiger partial charge in [-0.05, 0) is 80.4 Å². The van der Waals surface area contributed by atoms with Crippen LogP contribution in [0.4, 0.5) is 0 Å². The van der Waals surface area contributed by atoms with Gasteiger partial charge in [0.2, 0.25) is 5.91 Å². The van der Waals surface area contributed by atoms with Crippen molar-refractivity contribution in [1.29, 1.82) is 0 Å². The van der Waals surface area contributed by atoms with E-state index in [1.54, 1.807) is 0 Å². The summed E-state index contributed by atoms with van der Waals surface area (Å²) in [6, 6.07) is 12.9. The molecule has 0 spiro atoms. The third-order valence-corrected chi connectivity index (χ3v) is 5.88. The highest BCUT2D eigenvalue weighted by Gasteiger charge is 2.25. The Morgan fingerprint density at radius 2 is 2.00 bits per heavy atom. The van der Waals surface area contributed by atoms with E-state index in [0.717, 1.165) is 50.0 Å². The van der Waals surface area contributed by atoms with E-state index in [-0.39, 0.29) is 5.91 Å². The Bertz CT molecular complexity index is 766. The van der Waals surface area contributed by atoms with Gasteiger partial charge in [0.1, 0.15) is 0 Å². The van der Waals surface area contributed by atoms with Crippen molar-refractivity contribution in [3.8, 4) is 0 Å². The molecule has 1 aliphatic carbocycles. The smallest absolute Gasteiger partial charge is 0.227 e. The average Bonchev–Trinajstić information content (AvgIpc) is 2.99. The van der Waals surface area contributed by atoms with Crippen LogP contribution in [0.2, 0.25) is 0 Å². The topological polar surface area (TPSA) is 45.2 Å². The number of rotatable bonds is 5. The van der Waals surface area contributed by atoms with Gasteiger partial charge in [0.15, 0.2) is 0 Å². The van der Waals surface area contributed by atoms with E-state index in [2.05, 4.69) is 33.4 Å². The lowest BCUT2D eigenvalue weighted by Crippen LogP contribution is -2.41. The Labute approximate surface area is 162 Å². The number of nitrogens with zero attached hydrogens (tertiary/aromatic N) is 2. The fraction of sp³-hybridized carbons (Fsp3) is 0.478. The van der Waals surface area contributed by atoms with Crippen LogP contribution < -0.4 is 5.32 Å². The number of aryl methyl sites for hydroxylation is 2. The summed E-state index contributed by atoms with van der Waals surface area (Å²) in [6.07, 6.45) is 9.09. The Kier molecular flexibility index (Phi) is 5.83. The van der Waals surface area contributed by atoms with Gasteiger partial charge in [-0.15, -0.1) is 0 Å². The van der Waals surface area contributed by atoms with Crippen LogP contribution in [-0.4, -0.2) is 34.9 Å². The van der Waals surface area contributed by atoms with E-state index >= 15 is 0 Å². The molecular weight excluding hydrogens is 334 g/mol. The van der Waals surface area contributed by atoms with Gasteiger partial charge >= 0.3 is 0 Å². The maximum absolute atomic E-state index is 13.3. The zero-order valence-electron chi connectivity index (χ0n) is 16.0. The number of hydrogen-bond acceptors (Lipinski definition) is 3. The summed E-state index contributed by atoms with van der Waals surface area (Å²) in [5, 5.41) is 3.46. The summed E-state index contributed by atoms with van der Waals surface area (Å²) in [5.41, 5.74) is 5.03. The van der Waals surface area contributed by atoms with Crippen LogP contribution in [-0.2, 0) is 30.6 Å². The number of carbonyl (C=O) groups excluding carboxylic acids is 1. The minimum absolute atomic E-state index is 0.227. The molecule has 0 bridgehead atoms. The van der Waals surface area contributed by atoms with Crippen LogP contribution in [0.5, 0.6) is 0 Å². The molecule has 2 aliphatic rings. The second-order valence-corrected chi connectivity index (χ2v) is 7.81. The molecule has 1 N–H and O–H groups in total. The van der Waals surface area contributed by atoms with E-state index in [1.807, 2.05) is 24.4 Å². The first-order chi connectivity index (χ1) is 13.3. The zero-order valence-corrected chi connectivity index (χ0v) is 16.0. The molecule has 1 fully saturated rings. The zero-order chi connectivity index (χ0) is 18.5. The first kappa shape index (κ1) is 18.2. The van der Waals surface area contributed by atoms with Crippen LogP contribution in [0.3, 0.4) is 0 Å². The average molecular weight is 364 g/mol. The summed E-state index contributed by atoms with van der Waals surface area (Å²) in [5.74, 6) is 0.227. The number of aromatic nitrogens is 1. The van der Waals surface area contributed by atoms with Gasteiger partial charge in [0.25, 0.3) is 0 Å². The summed E-state index contributed by atoms with van der Waals surface area (Å²) in [6.45, 7) is 2.64. The third kappa shape index (κ3) is 4.56. The van der Waals surface area contributed by atoms with Crippen molar-refractivity contribution in [2.75, 3.05) is 13.1 Å². The molecule has 1 saturated heterocycles. The first-order valence-corrected chi connectivity index (χ1v) is 10.3. The summed E-state index contributed by atoms with van der Waals surface area (Å²) >= 11 is 0. The van der Waals surface area contributed by atoms with Crippen LogP contribution >= 0.6 is 0 Å². The third-order valence-electron chi connectivity index (χ3n) is 5.88.